The van der Waals surface area contributed by atoms with Crippen LogP contribution in [0, 0.1) is 5.92 Å². The van der Waals surface area contributed by atoms with Gasteiger partial charge in [0.1, 0.15) is 0 Å². The number of hydrogen-bond donors (Lipinski definition) is 2. The molecule has 0 spiro atoms. The van der Waals surface area contributed by atoms with E-state index in [2.05, 4.69) is 16.0 Å². The molecule has 0 radical (unpaired) electrons. The lowest BCUT2D eigenvalue weighted by Crippen LogP contribution is -2.34. The molecule has 5 nitrogen and oxygen atoms in total. The van der Waals surface area contributed by atoms with Crippen molar-refractivity contribution in [3.8, 4) is 0 Å². The van der Waals surface area contributed by atoms with Crippen LogP contribution in [0.5, 0.6) is 0 Å². The molecule has 0 bridgehead atoms. The number of primary amides is 1. The zero-order chi connectivity index (χ0) is 13.7. The van der Waals surface area contributed by atoms with Gasteiger partial charge in [0.25, 0.3) is 0 Å². The van der Waals surface area contributed by atoms with Crippen molar-refractivity contribution in [1.82, 2.24) is 9.88 Å². The van der Waals surface area contributed by atoms with Crippen LogP contribution in [0.25, 0.3) is 0 Å². The molecule has 0 saturated carbocycles. The van der Waals surface area contributed by atoms with Crippen molar-refractivity contribution in [1.29, 1.82) is 0 Å². The summed E-state index contributed by atoms with van der Waals surface area (Å²) in [5.41, 5.74) is 13.0. The zero-order valence-corrected chi connectivity index (χ0v) is 11.2. The Bertz CT molecular complexity index is 427. The van der Waals surface area contributed by atoms with Crippen LogP contribution in [0.4, 0.5) is 0 Å². The Morgan fingerprint density at radius 1 is 1.42 bits per heavy atom. The Morgan fingerprint density at radius 2 is 2.16 bits per heavy atom. The Balaban J connectivity index is 1.83. The normalized spacial score (nSPS) is 17.5. The topological polar surface area (TPSA) is 85.2 Å². The number of pyridine rings is 1. The number of carbonyl (C=O) groups is 1. The van der Waals surface area contributed by atoms with Crippen LogP contribution in [-0.2, 0) is 17.9 Å². The molecule has 1 aromatic rings. The molecule has 2 heterocycles. The van der Waals surface area contributed by atoms with E-state index in [-0.39, 0.29) is 5.91 Å². The predicted octanol–water partition coefficient (Wildman–Crippen LogP) is 0.628. The Kier molecular flexibility index (Phi) is 4.87. The van der Waals surface area contributed by atoms with Gasteiger partial charge in [-0.2, -0.15) is 0 Å². The Morgan fingerprint density at radius 3 is 2.79 bits per heavy atom. The van der Waals surface area contributed by atoms with Gasteiger partial charge < -0.3 is 11.5 Å². The summed E-state index contributed by atoms with van der Waals surface area (Å²) < 4.78 is 0. The minimum atomic E-state index is -0.180. The lowest BCUT2D eigenvalue weighted by atomic mass is 9.93. The first-order valence-electron chi connectivity index (χ1n) is 6.82. The first-order chi connectivity index (χ1) is 9.17. The van der Waals surface area contributed by atoms with E-state index >= 15 is 0 Å². The molecule has 1 aliphatic rings. The molecule has 0 unspecified atom stereocenters. The van der Waals surface area contributed by atoms with Crippen molar-refractivity contribution in [2.24, 2.45) is 17.4 Å². The molecule has 1 amide bonds. The standard InChI is InChI=1S/C14H22N4O/c15-9-13-7-12(1-4-17-13)10-18-5-2-11(3-6-18)8-14(16)19/h1,4,7,11H,2-3,5-6,8-10,15H2,(H2,16,19). The van der Waals surface area contributed by atoms with Crippen LogP contribution in [0.1, 0.15) is 30.5 Å². The molecule has 1 saturated heterocycles. The van der Waals surface area contributed by atoms with Crippen molar-refractivity contribution in [2.45, 2.75) is 32.4 Å². The third-order valence-corrected chi connectivity index (χ3v) is 3.69. The average molecular weight is 262 g/mol. The van der Waals surface area contributed by atoms with E-state index in [0.717, 1.165) is 38.2 Å². The highest BCUT2D eigenvalue weighted by Gasteiger charge is 2.20. The van der Waals surface area contributed by atoms with Crippen molar-refractivity contribution >= 4 is 5.91 Å². The van der Waals surface area contributed by atoms with Crippen molar-refractivity contribution in [3.63, 3.8) is 0 Å². The SMILES string of the molecule is NCc1cc(CN2CCC(CC(N)=O)CC2)ccn1. The lowest BCUT2D eigenvalue weighted by Gasteiger charge is -2.31. The lowest BCUT2D eigenvalue weighted by molar-refractivity contribution is -0.119. The van der Waals surface area contributed by atoms with Gasteiger partial charge in [0.2, 0.25) is 5.91 Å². The molecule has 104 valence electrons. The second-order valence-corrected chi connectivity index (χ2v) is 5.25. The van der Waals surface area contributed by atoms with E-state index in [4.69, 9.17) is 11.5 Å². The van der Waals surface area contributed by atoms with E-state index in [1.54, 1.807) is 0 Å². The third-order valence-electron chi connectivity index (χ3n) is 3.69. The number of carbonyl (C=O) groups excluding carboxylic acids is 1. The Hall–Kier alpha value is -1.46. The monoisotopic (exact) mass is 262 g/mol. The number of piperidine rings is 1. The summed E-state index contributed by atoms with van der Waals surface area (Å²) in [5.74, 6) is 0.283. The summed E-state index contributed by atoms with van der Waals surface area (Å²) in [6.07, 6.45) is 4.45. The first kappa shape index (κ1) is 14.0. The van der Waals surface area contributed by atoms with E-state index in [1.165, 1.54) is 5.56 Å². The molecule has 2 rings (SSSR count). The number of nitrogens with zero attached hydrogens (tertiary/aromatic N) is 2. The molecule has 5 heteroatoms. The Labute approximate surface area is 114 Å². The molecule has 1 fully saturated rings. The maximum atomic E-state index is 10.9. The van der Waals surface area contributed by atoms with Gasteiger partial charge in [-0.05, 0) is 49.5 Å². The summed E-state index contributed by atoms with van der Waals surface area (Å²) in [4.78, 5) is 17.5. The fraction of sp³-hybridized carbons (Fsp3) is 0.571. The summed E-state index contributed by atoms with van der Waals surface area (Å²) in [5, 5.41) is 0. The second kappa shape index (κ2) is 6.63. The van der Waals surface area contributed by atoms with Gasteiger partial charge in [-0.1, -0.05) is 0 Å². The molecule has 0 aliphatic carbocycles. The van der Waals surface area contributed by atoms with Gasteiger partial charge in [-0.15, -0.1) is 0 Å². The summed E-state index contributed by atoms with van der Waals surface area (Å²) in [7, 11) is 0. The number of nitrogens with two attached hydrogens (primary N) is 2. The molecule has 0 aromatic carbocycles. The van der Waals surface area contributed by atoms with Crippen LogP contribution in [-0.4, -0.2) is 28.9 Å². The van der Waals surface area contributed by atoms with Crippen molar-refractivity contribution < 1.29 is 4.79 Å². The maximum Gasteiger partial charge on any atom is 0.217 e. The van der Waals surface area contributed by atoms with E-state index in [9.17, 15) is 4.79 Å². The molecular weight excluding hydrogens is 240 g/mol. The average Bonchev–Trinajstić information content (AvgIpc) is 2.41. The highest BCUT2D eigenvalue weighted by Crippen LogP contribution is 2.21. The fourth-order valence-corrected chi connectivity index (χ4v) is 2.63. The second-order valence-electron chi connectivity index (χ2n) is 5.25. The van der Waals surface area contributed by atoms with Gasteiger partial charge >= 0.3 is 0 Å². The third kappa shape index (κ3) is 4.29. The van der Waals surface area contributed by atoms with E-state index in [1.807, 2.05) is 12.3 Å². The van der Waals surface area contributed by atoms with Gasteiger partial charge in [-0.3, -0.25) is 14.7 Å². The van der Waals surface area contributed by atoms with Crippen LogP contribution in [0.15, 0.2) is 18.3 Å². The smallest absolute Gasteiger partial charge is 0.217 e. The summed E-state index contributed by atoms with van der Waals surface area (Å²) in [6, 6.07) is 4.10. The number of rotatable bonds is 5. The van der Waals surface area contributed by atoms with E-state index in [0.29, 0.717) is 18.9 Å². The quantitative estimate of drug-likeness (QED) is 0.815. The van der Waals surface area contributed by atoms with Crippen LogP contribution in [0.3, 0.4) is 0 Å². The molecule has 19 heavy (non-hydrogen) atoms. The minimum absolute atomic E-state index is 0.180. The van der Waals surface area contributed by atoms with Gasteiger partial charge in [0.15, 0.2) is 0 Å². The summed E-state index contributed by atoms with van der Waals surface area (Å²) in [6.45, 7) is 3.46. The van der Waals surface area contributed by atoms with Crippen LogP contribution < -0.4 is 11.5 Å². The maximum absolute atomic E-state index is 10.9. The highest BCUT2D eigenvalue weighted by molar-refractivity contribution is 5.73. The van der Waals surface area contributed by atoms with Crippen LogP contribution in [0.2, 0.25) is 0 Å². The summed E-state index contributed by atoms with van der Waals surface area (Å²) >= 11 is 0. The molecule has 4 N–H and O–H groups in total. The van der Waals surface area contributed by atoms with Gasteiger partial charge in [0, 0.05) is 25.7 Å². The largest absolute Gasteiger partial charge is 0.370 e. The van der Waals surface area contributed by atoms with Gasteiger partial charge in [-0.25, -0.2) is 0 Å². The zero-order valence-electron chi connectivity index (χ0n) is 11.2. The van der Waals surface area contributed by atoms with E-state index < -0.39 is 0 Å². The van der Waals surface area contributed by atoms with Crippen LogP contribution >= 0.6 is 0 Å². The first-order valence-corrected chi connectivity index (χ1v) is 6.82. The number of amides is 1. The fourth-order valence-electron chi connectivity index (χ4n) is 2.63. The van der Waals surface area contributed by atoms with Crippen molar-refractivity contribution in [3.05, 3.63) is 29.6 Å². The number of likely N-dealkylation sites (tertiary alicyclic amines) is 1. The predicted molar refractivity (Wildman–Crippen MR) is 73.9 cm³/mol. The number of hydrogen-bond acceptors (Lipinski definition) is 4. The highest BCUT2D eigenvalue weighted by atomic mass is 16.1. The molecule has 0 atom stereocenters. The van der Waals surface area contributed by atoms with Gasteiger partial charge in [0.05, 0.1) is 5.69 Å². The minimum Gasteiger partial charge on any atom is -0.370 e. The number of aromatic nitrogens is 1. The molecule has 1 aromatic heterocycles. The molecular formula is C14H22N4O. The van der Waals surface area contributed by atoms with Crippen molar-refractivity contribution in [2.75, 3.05) is 13.1 Å². The molecule has 1 aliphatic heterocycles.